The summed E-state index contributed by atoms with van der Waals surface area (Å²) in [5.74, 6) is 0.286. The Morgan fingerprint density at radius 3 is 2.69 bits per heavy atom. The van der Waals surface area contributed by atoms with Crippen LogP contribution >= 0.6 is 0 Å². The van der Waals surface area contributed by atoms with E-state index in [2.05, 4.69) is 19.9 Å². The number of aromatic nitrogens is 4. The van der Waals surface area contributed by atoms with E-state index >= 15 is 0 Å². The summed E-state index contributed by atoms with van der Waals surface area (Å²) in [6.07, 6.45) is 4.93. The van der Waals surface area contributed by atoms with Crippen molar-refractivity contribution >= 4 is 0 Å². The highest BCUT2D eigenvalue weighted by Gasteiger charge is 2.18. The molecule has 82 valence electrons. The number of nitrogens with zero attached hydrogens (tertiary/aromatic N) is 4. The average molecular weight is 218 g/mol. The molecule has 6 heteroatoms. The number of aliphatic hydroxyl groups is 1. The fourth-order valence-corrected chi connectivity index (χ4v) is 1.28. The van der Waals surface area contributed by atoms with Crippen molar-refractivity contribution in [2.75, 3.05) is 7.11 Å². The maximum atomic E-state index is 10.0. The van der Waals surface area contributed by atoms with E-state index in [1.54, 1.807) is 12.3 Å². The van der Waals surface area contributed by atoms with Crippen LogP contribution in [0, 0.1) is 0 Å². The van der Waals surface area contributed by atoms with Crippen molar-refractivity contribution in [3.63, 3.8) is 0 Å². The predicted molar refractivity (Wildman–Crippen MR) is 54.7 cm³/mol. The summed E-state index contributed by atoms with van der Waals surface area (Å²) in [5, 5.41) is 10.0. The van der Waals surface area contributed by atoms with Gasteiger partial charge in [0.2, 0.25) is 5.88 Å². The van der Waals surface area contributed by atoms with Crippen LogP contribution in [0.15, 0.2) is 31.0 Å². The van der Waals surface area contributed by atoms with E-state index in [9.17, 15) is 5.11 Å². The van der Waals surface area contributed by atoms with Gasteiger partial charge in [-0.3, -0.25) is 4.98 Å². The van der Waals surface area contributed by atoms with Crippen molar-refractivity contribution in [1.82, 2.24) is 19.9 Å². The minimum atomic E-state index is -0.966. The third-order valence-electron chi connectivity index (χ3n) is 2.03. The Hall–Kier alpha value is -2.08. The van der Waals surface area contributed by atoms with Crippen molar-refractivity contribution in [2.45, 2.75) is 6.10 Å². The third-order valence-corrected chi connectivity index (χ3v) is 2.03. The molecule has 2 heterocycles. The van der Waals surface area contributed by atoms with Crippen LogP contribution < -0.4 is 4.74 Å². The van der Waals surface area contributed by atoms with Crippen LogP contribution in [0.5, 0.6) is 5.88 Å². The fourth-order valence-electron chi connectivity index (χ4n) is 1.28. The number of rotatable bonds is 3. The van der Waals surface area contributed by atoms with E-state index < -0.39 is 6.10 Å². The van der Waals surface area contributed by atoms with Crippen molar-refractivity contribution in [3.05, 3.63) is 42.4 Å². The number of hydrogen-bond donors (Lipinski definition) is 1. The molecule has 0 amide bonds. The van der Waals surface area contributed by atoms with Gasteiger partial charge in [0.15, 0.2) is 0 Å². The largest absolute Gasteiger partial charge is 0.480 e. The summed E-state index contributed by atoms with van der Waals surface area (Å²) in [7, 11) is 1.47. The molecule has 1 atom stereocenters. The molecule has 0 aliphatic heterocycles. The zero-order valence-electron chi connectivity index (χ0n) is 8.61. The van der Waals surface area contributed by atoms with Crippen LogP contribution in [-0.4, -0.2) is 32.2 Å². The summed E-state index contributed by atoms with van der Waals surface area (Å²) < 4.78 is 5.01. The van der Waals surface area contributed by atoms with E-state index in [4.69, 9.17) is 4.74 Å². The summed E-state index contributed by atoms with van der Waals surface area (Å²) in [6.45, 7) is 0. The lowest BCUT2D eigenvalue weighted by Gasteiger charge is -2.11. The smallest absolute Gasteiger partial charge is 0.238 e. The monoisotopic (exact) mass is 218 g/mol. The van der Waals surface area contributed by atoms with Crippen LogP contribution in [0.4, 0.5) is 0 Å². The minimum Gasteiger partial charge on any atom is -0.480 e. The van der Waals surface area contributed by atoms with Crippen LogP contribution in [0.25, 0.3) is 0 Å². The molecule has 0 bridgehead atoms. The molecule has 2 aromatic rings. The quantitative estimate of drug-likeness (QED) is 0.800. The maximum absolute atomic E-state index is 10.0. The molecule has 2 aromatic heterocycles. The SMILES string of the molecule is COc1nccnc1C(O)c1ccncn1. The molecule has 16 heavy (non-hydrogen) atoms. The second-order valence-electron chi connectivity index (χ2n) is 2.99. The van der Waals surface area contributed by atoms with Gasteiger partial charge in [0.1, 0.15) is 18.1 Å². The van der Waals surface area contributed by atoms with Gasteiger partial charge in [0.05, 0.1) is 12.8 Å². The average Bonchev–Trinajstić information content (AvgIpc) is 2.39. The molecule has 2 rings (SSSR count). The predicted octanol–water partition coefficient (Wildman–Crippen LogP) is 0.357. The molecule has 0 saturated carbocycles. The van der Waals surface area contributed by atoms with Gasteiger partial charge in [-0.15, -0.1) is 0 Å². The minimum absolute atomic E-state index is 0.286. The Kier molecular flexibility index (Phi) is 3.02. The van der Waals surface area contributed by atoms with E-state index in [1.165, 1.54) is 25.8 Å². The molecule has 0 radical (unpaired) electrons. The molecule has 0 aromatic carbocycles. The molecule has 0 saturated heterocycles. The first kappa shape index (κ1) is 10.4. The first-order chi connectivity index (χ1) is 7.83. The van der Waals surface area contributed by atoms with Gasteiger partial charge >= 0.3 is 0 Å². The number of aliphatic hydroxyl groups excluding tert-OH is 1. The van der Waals surface area contributed by atoms with Crippen molar-refractivity contribution in [2.24, 2.45) is 0 Å². The highest BCUT2D eigenvalue weighted by molar-refractivity contribution is 5.26. The van der Waals surface area contributed by atoms with Crippen LogP contribution in [0.2, 0.25) is 0 Å². The van der Waals surface area contributed by atoms with E-state index in [1.807, 2.05) is 0 Å². The van der Waals surface area contributed by atoms with Crippen LogP contribution in [-0.2, 0) is 0 Å². The molecule has 1 N–H and O–H groups in total. The van der Waals surface area contributed by atoms with E-state index in [0.717, 1.165) is 0 Å². The molecule has 0 fully saturated rings. The Morgan fingerprint density at radius 2 is 2.00 bits per heavy atom. The first-order valence-corrected chi connectivity index (χ1v) is 4.62. The highest BCUT2D eigenvalue weighted by atomic mass is 16.5. The van der Waals surface area contributed by atoms with Gasteiger partial charge < -0.3 is 9.84 Å². The standard InChI is InChI=1S/C10H10N4O2/c1-16-10-8(12-4-5-13-10)9(15)7-2-3-11-6-14-7/h2-6,9,15H,1H3. The second kappa shape index (κ2) is 4.63. The lowest BCUT2D eigenvalue weighted by Crippen LogP contribution is -2.07. The van der Waals surface area contributed by atoms with Gasteiger partial charge in [0.25, 0.3) is 0 Å². The fraction of sp³-hybridized carbons (Fsp3) is 0.200. The van der Waals surface area contributed by atoms with Crippen LogP contribution in [0.1, 0.15) is 17.5 Å². The van der Waals surface area contributed by atoms with Gasteiger partial charge in [0, 0.05) is 18.6 Å². The maximum Gasteiger partial charge on any atom is 0.238 e. The lowest BCUT2D eigenvalue weighted by molar-refractivity contribution is 0.202. The molecular weight excluding hydrogens is 208 g/mol. The Morgan fingerprint density at radius 1 is 1.19 bits per heavy atom. The first-order valence-electron chi connectivity index (χ1n) is 4.62. The van der Waals surface area contributed by atoms with Crippen molar-refractivity contribution in [1.29, 1.82) is 0 Å². The Labute approximate surface area is 92.0 Å². The zero-order chi connectivity index (χ0) is 11.4. The zero-order valence-corrected chi connectivity index (χ0v) is 8.61. The van der Waals surface area contributed by atoms with E-state index in [0.29, 0.717) is 11.4 Å². The molecular formula is C10H10N4O2. The second-order valence-corrected chi connectivity index (χ2v) is 2.99. The number of ether oxygens (including phenoxy) is 1. The molecule has 0 aliphatic rings. The van der Waals surface area contributed by atoms with Crippen molar-refractivity contribution in [3.8, 4) is 5.88 Å². The molecule has 0 aliphatic carbocycles. The summed E-state index contributed by atoms with van der Waals surface area (Å²) in [6, 6.07) is 1.61. The van der Waals surface area contributed by atoms with Gasteiger partial charge in [-0.25, -0.2) is 15.0 Å². The Bertz CT molecular complexity index is 463. The topological polar surface area (TPSA) is 81.0 Å². The highest BCUT2D eigenvalue weighted by Crippen LogP contribution is 2.23. The summed E-state index contributed by atoms with van der Waals surface area (Å²) in [4.78, 5) is 15.7. The molecule has 6 nitrogen and oxygen atoms in total. The van der Waals surface area contributed by atoms with E-state index in [-0.39, 0.29) is 5.88 Å². The van der Waals surface area contributed by atoms with Gasteiger partial charge in [-0.05, 0) is 6.07 Å². The number of hydrogen-bond acceptors (Lipinski definition) is 6. The van der Waals surface area contributed by atoms with Crippen molar-refractivity contribution < 1.29 is 9.84 Å². The lowest BCUT2D eigenvalue weighted by atomic mass is 10.2. The van der Waals surface area contributed by atoms with Crippen LogP contribution in [0.3, 0.4) is 0 Å². The van der Waals surface area contributed by atoms with Gasteiger partial charge in [-0.2, -0.15) is 0 Å². The summed E-state index contributed by atoms with van der Waals surface area (Å²) >= 11 is 0. The number of methoxy groups -OCH3 is 1. The molecule has 1 unspecified atom stereocenters. The Balaban J connectivity index is 2.37. The summed E-state index contributed by atoms with van der Waals surface area (Å²) in [5.41, 5.74) is 0.789. The normalized spacial score (nSPS) is 12.1. The van der Waals surface area contributed by atoms with Gasteiger partial charge in [-0.1, -0.05) is 0 Å². The third kappa shape index (κ3) is 1.96. The molecule has 0 spiro atoms.